The molecule has 0 radical (unpaired) electrons. The second kappa shape index (κ2) is 7.92. The van der Waals surface area contributed by atoms with Gasteiger partial charge in [0.2, 0.25) is 0 Å². The average Bonchev–Trinajstić information content (AvgIpc) is 2.67. The van der Waals surface area contributed by atoms with Crippen molar-refractivity contribution in [2.75, 3.05) is 13.2 Å². The first-order valence-electron chi connectivity index (χ1n) is 9.92. The van der Waals surface area contributed by atoms with Gasteiger partial charge in [0, 0.05) is 30.1 Å². The molecule has 3 nitrogen and oxygen atoms in total. The number of alkyl halides is 3. The van der Waals surface area contributed by atoms with Crippen LogP contribution in [0.3, 0.4) is 0 Å². The highest BCUT2D eigenvalue weighted by molar-refractivity contribution is 5.98. The van der Waals surface area contributed by atoms with Crippen molar-refractivity contribution in [3.63, 3.8) is 0 Å². The number of fused-ring (bicyclic) bond motifs is 2. The number of carbonyl (C=O) groups is 1. The number of ketones is 1. The van der Waals surface area contributed by atoms with Crippen LogP contribution in [0.4, 0.5) is 13.2 Å². The second-order valence-corrected chi connectivity index (χ2v) is 8.12. The maximum atomic E-state index is 13.2. The smallest absolute Gasteiger partial charge is 0.378 e. The molecule has 2 aromatic rings. The van der Waals surface area contributed by atoms with Crippen molar-refractivity contribution in [1.82, 2.24) is 4.90 Å². The van der Waals surface area contributed by atoms with Gasteiger partial charge in [-0.15, -0.1) is 0 Å². The zero-order valence-electron chi connectivity index (χ0n) is 16.3. The number of Topliss-reactive ketones (excluding diaryl/α,β-unsaturated/α-hetero) is 1. The largest absolute Gasteiger partial charge is 0.416 e. The fourth-order valence-electron chi connectivity index (χ4n) is 4.58. The summed E-state index contributed by atoms with van der Waals surface area (Å²) in [5.41, 5.74) is 1.07. The predicted octanol–water partition coefficient (Wildman–Crippen LogP) is 4.88. The third-order valence-corrected chi connectivity index (χ3v) is 5.94. The summed E-state index contributed by atoms with van der Waals surface area (Å²) in [5, 5.41) is 0. The number of hydrogen-bond donors (Lipinski definition) is 0. The van der Waals surface area contributed by atoms with Crippen LogP contribution in [0, 0.1) is 12.8 Å². The van der Waals surface area contributed by atoms with E-state index in [1.807, 2.05) is 18.2 Å². The van der Waals surface area contributed by atoms with E-state index in [0.29, 0.717) is 31.6 Å². The van der Waals surface area contributed by atoms with Crippen molar-refractivity contribution in [3.8, 4) is 0 Å². The van der Waals surface area contributed by atoms with Crippen LogP contribution in [0.1, 0.15) is 39.9 Å². The van der Waals surface area contributed by atoms with Crippen LogP contribution in [0.2, 0.25) is 0 Å². The van der Waals surface area contributed by atoms with Crippen LogP contribution in [-0.4, -0.2) is 36.0 Å². The summed E-state index contributed by atoms with van der Waals surface area (Å²) < 4.78 is 45.2. The first-order valence-corrected chi connectivity index (χ1v) is 9.92. The van der Waals surface area contributed by atoms with E-state index in [0.717, 1.165) is 18.7 Å². The van der Waals surface area contributed by atoms with Crippen molar-refractivity contribution < 1.29 is 22.7 Å². The van der Waals surface area contributed by atoms with Crippen LogP contribution in [0.5, 0.6) is 0 Å². The molecule has 2 atom stereocenters. The monoisotopic (exact) mass is 403 g/mol. The van der Waals surface area contributed by atoms with Gasteiger partial charge < -0.3 is 4.74 Å². The molecule has 4 rings (SSSR count). The molecule has 0 N–H and O–H groups in total. The summed E-state index contributed by atoms with van der Waals surface area (Å²) in [6.07, 6.45) is -3.24. The molecule has 2 fully saturated rings. The molecule has 2 unspecified atom stereocenters. The fraction of sp³-hybridized carbons (Fsp3) is 0.435. The van der Waals surface area contributed by atoms with Gasteiger partial charge in [-0.3, -0.25) is 9.69 Å². The van der Waals surface area contributed by atoms with Crippen molar-refractivity contribution >= 4 is 5.78 Å². The normalized spacial score (nSPS) is 25.0. The molecule has 154 valence electrons. The summed E-state index contributed by atoms with van der Waals surface area (Å²) >= 11 is 0. The number of piperidine rings is 1. The number of carbonyl (C=O) groups excluding carboxylic acids is 1. The standard InChI is InChI=1S/C23H24F3NO2/c1-15-7-17(9-19(8-15)23(24,25)26)22(28)18-10-20-13-29-14-21(11-18)27(20)12-16-5-3-2-4-6-16/h2-9,18,20-21H,10-14H2,1H3. The summed E-state index contributed by atoms with van der Waals surface area (Å²) in [5.74, 6) is -0.459. The fourth-order valence-corrected chi connectivity index (χ4v) is 4.58. The lowest BCUT2D eigenvalue weighted by Crippen LogP contribution is -2.57. The van der Waals surface area contributed by atoms with E-state index >= 15 is 0 Å². The lowest BCUT2D eigenvalue weighted by atomic mass is 9.80. The second-order valence-electron chi connectivity index (χ2n) is 8.12. The SMILES string of the molecule is Cc1cc(C(=O)C2CC3COCC(C2)N3Cc2ccccc2)cc(C(F)(F)F)c1. The van der Waals surface area contributed by atoms with E-state index < -0.39 is 11.7 Å². The minimum Gasteiger partial charge on any atom is -0.378 e. The number of ether oxygens (including phenoxy) is 1. The van der Waals surface area contributed by atoms with E-state index in [-0.39, 0.29) is 29.3 Å². The Kier molecular flexibility index (Phi) is 5.49. The van der Waals surface area contributed by atoms with Gasteiger partial charge in [0.15, 0.2) is 5.78 Å². The maximum absolute atomic E-state index is 13.2. The minimum atomic E-state index is -4.45. The lowest BCUT2D eigenvalue weighted by Gasteiger charge is -2.48. The molecule has 2 aliphatic heterocycles. The maximum Gasteiger partial charge on any atom is 0.416 e. The first kappa shape index (κ1) is 20.1. The molecule has 29 heavy (non-hydrogen) atoms. The zero-order chi connectivity index (χ0) is 20.6. The van der Waals surface area contributed by atoms with E-state index in [2.05, 4.69) is 17.0 Å². The number of halogens is 3. The van der Waals surface area contributed by atoms with Crippen molar-refractivity contribution in [2.24, 2.45) is 5.92 Å². The van der Waals surface area contributed by atoms with E-state index in [1.54, 1.807) is 13.0 Å². The number of aryl methyl sites for hydroxylation is 1. The summed E-state index contributed by atoms with van der Waals surface area (Å²) in [7, 11) is 0. The predicted molar refractivity (Wildman–Crippen MR) is 104 cm³/mol. The molecule has 2 bridgehead atoms. The number of benzene rings is 2. The molecule has 0 amide bonds. The van der Waals surface area contributed by atoms with Crippen LogP contribution in [0.25, 0.3) is 0 Å². The van der Waals surface area contributed by atoms with Crippen LogP contribution < -0.4 is 0 Å². The Balaban J connectivity index is 1.53. The molecular weight excluding hydrogens is 379 g/mol. The lowest BCUT2D eigenvalue weighted by molar-refractivity contribution is -0.137. The Morgan fingerprint density at radius 1 is 1.07 bits per heavy atom. The molecule has 0 saturated carbocycles. The Labute approximate surface area is 168 Å². The molecule has 0 aromatic heterocycles. The zero-order valence-corrected chi connectivity index (χ0v) is 16.3. The van der Waals surface area contributed by atoms with Gasteiger partial charge in [-0.05, 0) is 49.1 Å². The van der Waals surface area contributed by atoms with Crippen LogP contribution in [-0.2, 0) is 17.5 Å². The topological polar surface area (TPSA) is 29.5 Å². The first-order chi connectivity index (χ1) is 13.8. The van der Waals surface area contributed by atoms with Crippen molar-refractivity contribution in [1.29, 1.82) is 0 Å². The summed E-state index contributed by atoms with van der Waals surface area (Å²) in [6.45, 7) is 3.49. The third kappa shape index (κ3) is 4.38. The number of rotatable bonds is 4. The number of nitrogens with zero attached hydrogens (tertiary/aromatic N) is 1. The summed E-state index contributed by atoms with van der Waals surface area (Å²) in [4.78, 5) is 15.5. The highest BCUT2D eigenvalue weighted by Gasteiger charge is 2.41. The molecule has 2 aliphatic rings. The Morgan fingerprint density at radius 2 is 1.72 bits per heavy atom. The molecule has 6 heteroatoms. The molecular formula is C23H24F3NO2. The number of morpholine rings is 1. The minimum absolute atomic E-state index is 0.101. The highest BCUT2D eigenvalue weighted by Crippen LogP contribution is 2.36. The third-order valence-electron chi connectivity index (χ3n) is 5.94. The molecule has 2 heterocycles. The Hall–Kier alpha value is -2.18. The van der Waals surface area contributed by atoms with Gasteiger partial charge in [-0.1, -0.05) is 30.3 Å². The van der Waals surface area contributed by atoms with Crippen LogP contribution >= 0.6 is 0 Å². The molecule has 0 aliphatic carbocycles. The highest BCUT2D eigenvalue weighted by atomic mass is 19.4. The van der Waals surface area contributed by atoms with E-state index in [1.165, 1.54) is 5.56 Å². The van der Waals surface area contributed by atoms with Gasteiger partial charge in [0.25, 0.3) is 0 Å². The molecule has 0 spiro atoms. The quantitative estimate of drug-likeness (QED) is 0.682. The van der Waals surface area contributed by atoms with E-state index in [4.69, 9.17) is 4.74 Å². The van der Waals surface area contributed by atoms with Gasteiger partial charge in [-0.2, -0.15) is 13.2 Å². The van der Waals surface area contributed by atoms with Gasteiger partial charge >= 0.3 is 6.18 Å². The van der Waals surface area contributed by atoms with Crippen molar-refractivity contribution in [2.45, 2.75) is 44.6 Å². The van der Waals surface area contributed by atoms with Gasteiger partial charge in [0.05, 0.1) is 18.8 Å². The average molecular weight is 403 g/mol. The Morgan fingerprint density at radius 3 is 2.34 bits per heavy atom. The van der Waals surface area contributed by atoms with Gasteiger partial charge in [0.1, 0.15) is 0 Å². The molecule has 2 saturated heterocycles. The van der Waals surface area contributed by atoms with Gasteiger partial charge in [-0.25, -0.2) is 0 Å². The van der Waals surface area contributed by atoms with E-state index in [9.17, 15) is 18.0 Å². The molecule has 2 aromatic carbocycles. The van der Waals surface area contributed by atoms with Crippen LogP contribution in [0.15, 0.2) is 48.5 Å². The summed E-state index contributed by atoms with van der Waals surface area (Å²) in [6, 6.07) is 14.0. The van der Waals surface area contributed by atoms with Crippen molar-refractivity contribution in [3.05, 3.63) is 70.8 Å². The Bertz CT molecular complexity index is 867. The number of hydrogen-bond acceptors (Lipinski definition) is 3.